The molecule has 106 valence electrons. The maximum atomic E-state index is 11.0. The van der Waals surface area contributed by atoms with Crippen molar-refractivity contribution in [3.05, 3.63) is 38.9 Å². The minimum Gasteiger partial charge on any atom is -0.381 e. The van der Waals surface area contributed by atoms with Gasteiger partial charge in [-0.15, -0.1) is 12.4 Å². The van der Waals surface area contributed by atoms with Crippen LogP contribution >= 0.6 is 24.0 Å². The van der Waals surface area contributed by atoms with Crippen molar-refractivity contribution in [1.29, 1.82) is 0 Å². The summed E-state index contributed by atoms with van der Waals surface area (Å²) in [5.41, 5.74) is 6.71. The third-order valence-electron chi connectivity index (χ3n) is 3.32. The highest BCUT2D eigenvalue weighted by atomic mass is 35.5. The lowest BCUT2D eigenvalue weighted by Crippen LogP contribution is -2.28. The van der Waals surface area contributed by atoms with Crippen LogP contribution in [0.3, 0.4) is 0 Å². The molecule has 7 heteroatoms. The van der Waals surface area contributed by atoms with Crippen molar-refractivity contribution in [2.75, 3.05) is 13.2 Å². The van der Waals surface area contributed by atoms with E-state index in [-0.39, 0.29) is 30.1 Å². The number of nitrogens with two attached hydrogens (primary N) is 1. The van der Waals surface area contributed by atoms with Gasteiger partial charge in [-0.05, 0) is 30.9 Å². The van der Waals surface area contributed by atoms with E-state index < -0.39 is 4.92 Å². The average Bonchev–Trinajstić information content (AvgIpc) is 2.38. The van der Waals surface area contributed by atoms with Crippen LogP contribution in [0.4, 0.5) is 5.69 Å². The molecule has 0 unspecified atom stereocenters. The summed E-state index contributed by atoms with van der Waals surface area (Å²) in [5.74, 6) is 0.205. The first kappa shape index (κ1) is 16.2. The Morgan fingerprint density at radius 1 is 1.42 bits per heavy atom. The monoisotopic (exact) mass is 306 g/mol. The van der Waals surface area contributed by atoms with Gasteiger partial charge < -0.3 is 10.5 Å². The molecule has 2 rings (SSSR count). The lowest BCUT2D eigenvalue weighted by atomic mass is 9.87. The topological polar surface area (TPSA) is 78.4 Å². The summed E-state index contributed by atoms with van der Waals surface area (Å²) >= 11 is 5.90. The summed E-state index contributed by atoms with van der Waals surface area (Å²) < 4.78 is 5.27. The zero-order valence-electron chi connectivity index (χ0n) is 10.3. The molecule has 1 aliphatic rings. The van der Waals surface area contributed by atoms with Crippen LogP contribution < -0.4 is 5.73 Å². The number of rotatable bonds is 3. The molecule has 0 aromatic heterocycles. The van der Waals surface area contributed by atoms with E-state index in [4.69, 9.17) is 22.1 Å². The van der Waals surface area contributed by atoms with Gasteiger partial charge in [0.1, 0.15) is 0 Å². The normalized spacial score (nSPS) is 17.6. The van der Waals surface area contributed by atoms with Crippen LogP contribution in [-0.2, 0) is 4.74 Å². The number of nitro benzene ring substituents is 1. The maximum Gasteiger partial charge on any atom is 0.274 e. The number of nitrogens with zero attached hydrogens (tertiary/aromatic N) is 1. The molecule has 1 aromatic carbocycles. The molecular weight excluding hydrogens is 291 g/mol. The molecule has 1 aliphatic heterocycles. The smallest absolute Gasteiger partial charge is 0.274 e. The molecule has 1 fully saturated rings. The minimum atomic E-state index is -0.412. The standard InChI is InChI=1S/C12H15ClN2O3.ClH/c13-9-1-2-11(15(16)17)10(7-9)12(14)8-3-5-18-6-4-8;/h1-2,7-8,12H,3-6,14H2;1H/t12-;/m0./s1. The largest absolute Gasteiger partial charge is 0.381 e. The van der Waals surface area contributed by atoms with Crippen molar-refractivity contribution in [2.24, 2.45) is 11.7 Å². The Bertz CT molecular complexity index is 451. The summed E-state index contributed by atoms with van der Waals surface area (Å²) in [6.45, 7) is 1.32. The highest BCUT2D eigenvalue weighted by molar-refractivity contribution is 6.30. The first-order valence-electron chi connectivity index (χ1n) is 5.86. The van der Waals surface area contributed by atoms with Gasteiger partial charge in [-0.25, -0.2) is 0 Å². The van der Waals surface area contributed by atoms with E-state index in [1.807, 2.05) is 0 Å². The zero-order chi connectivity index (χ0) is 13.1. The summed E-state index contributed by atoms with van der Waals surface area (Å²) in [6, 6.07) is 4.16. The second kappa shape index (κ2) is 7.05. The van der Waals surface area contributed by atoms with Gasteiger partial charge in [0.2, 0.25) is 0 Å². The summed E-state index contributed by atoms with van der Waals surface area (Å²) in [4.78, 5) is 10.6. The van der Waals surface area contributed by atoms with E-state index in [0.29, 0.717) is 23.8 Å². The Morgan fingerprint density at radius 3 is 2.63 bits per heavy atom. The molecule has 1 heterocycles. The molecule has 0 bridgehead atoms. The van der Waals surface area contributed by atoms with E-state index >= 15 is 0 Å². The third-order valence-corrected chi connectivity index (χ3v) is 3.55. The maximum absolute atomic E-state index is 11.0. The number of hydrogen-bond acceptors (Lipinski definition) is 4. The number of hydrogen-bond donors (Lipinski definition) is 1. The summed E-state index contributed by atoms with van der Waals surface area (Å²) in [6.07, 6.45) is 1.65. The third kappa shape index (κ3) is 3.79. The number of halogens is 2. The number of nitro groups is 1. The molecular formula is C12H16Cl2N2O3. The van der Waals surface area contributed by atoms with Gasteiger partial charge in [0.15, 0.2) is 0 Å². The van der Waals surface area contributed by atoms with E-state index in [9.17, 15) is 10.1 Å². The van der Waals surface area contributed by atoms with Crippen LogP contribution in [0.5, 0.6) is 0 Å². The van der Waals surface area contributed by atoms with Crippen LogP contribution in [0.1, 0.15) is 24.4 Å². The number of ether oxygens (including phenoxy) is 1. The molecule has 5 nitrogen and oxygen atoms in total. The zero-order valence-corrected chi connectivity index (χ0v) is 11.8. The fourth-order valence-electron chi connectivity index (χ4n) is 2.29. The second-order valence-corrected chi connectivity index (χ2v) is 4.87. The Morgan fingerprint density at radius 2 is 2.05 bits per heavy atom. The first-order chi connectivity index (χ1) is 8.59. The van der Waals surface area contributed by atoms with E-state index in [0.717, 1.165) is 12.8 Å². The molecule has 19 heavy (non-hydrogen) atoms. The first-order valence-corrected chi connectivity index (χ1v) is 6.24. The Kier molecular flexibility index (Phi) is 6.00. The fourth-order valence-corrected chi connectivity index (χ4v) is 2.47. The molecule has 1 saturated heterocycles. The molecule has 2 N–H and O–H groups in total. The van der Waals surface area contributed by atoms with Gasteiger partial charge in [-0.2, -0.15) is 0 Å². The number of benzene rings is 1. The molecule has 1 aromatic rings. The fraction of sp³-hybridized carbons (Fsp3) is 0.500. The quantitative estimate of drug-likeness (QED) is 0.687. The molecule has 0 radical (unpaired) electrons. The van der Waals surface area contributed by atoms with E-state index in [1.165, 1.54) is 12.1 Å². The van der Waals surface area contributed by atoms with Crippen molar-refractivity contribution in [2.45, 2.75) is 18.9 Å². The van der Waals surface area contributed by atoms with Gasteiger partial charge in [0.25, 0.3) is 5.69 Å². The molecule has 0 spiro atoms. The van der Waals surface area contributed by atoms with Crippen molar-refractivity contribution in [3.8, 4) is 0 Å². The molecule has 0 saturated carbocycles. The van der Waals surface area contributed by atoms with Crippen LogP contribution in [0, 0.1) is 16.0 Å². The second-order valence-electron chi connectivity index (χ2n) is 4.44. The van der Waals surface area contributed by atoms with E-state index in [1.54, 1.807) is 6.07 Å². The van der Waals surface area contributed by atoms with E-state index in [2.05, 4.69) is 0 Å². The lowest BCUT2D eigenvalue weighted by Gasteiger charge is -2.27. The highest BCUT2D eigenvalue weighted by Crippen LogP contribution is 2.34. The van der Waals surface area contributed by atoms with Crippen LogP contribution in [-0.4, -0.2) is 18.1 Å². The van der Waals surface area contributed by atoms with Gasteiger partial charge in [0.05, 0.1) is 4.92 Å². The van der Waals surface area contributed by atoms with Crippen LogP contribution in [0.2, 0.25) is 5.02 Å². The molecule has 1 atom stereocenters. The van der Waals surface area contributed by atoms with Crippen LogP contribution in [0.25, 0.3) is 0 Å². The summed E-state index contributed by atoms with van der Waals surface area (Å²) in [7, 11) is 0. The SMILES string of the molecule is Cl.N[C@H](c1cc(Cl)ccc1[N+](=O)[O-])C1CCOCC1. The Balaban J connectivity index is 0.00000180. The van der Waals surface area contributed by atoms with Gasteiger partial charge >= 0.3 is 0 Å². The van der Waals surface area contributed by atoms with Crippen molar-refractivity contribution in [1.82, 2.24) is 0 Å². The minimum absolute atomic E-state index is 0. The Labute approximate surface area is 122 Å². The van der Waals surface area contributed by atoms with Gasteiger partial charge in [0, 0.05) is 35.9 Å². The summed E-state index contributed by atoms with van der Waals surface area (Å²) in [5, 5.41) is 11.5. The predicted molar refractivity (Wildman–Crippen MR) is 75.8 cm³/mol. The van der Waals surface area contributed by atoms with Crippen molar-refractivity contribution < 1.29 is 9.66 Å². The van der Waals surface area contributed by atoms with Gasteiger partial charge in [-0.1, -0.05) is 11.6 Å². The van der Waals surface area contributed by atoms with Gasteiger partial charge in [-0.3, -0.25) is 10.1 Å². The van der Waals surface area contributed by atoms with Crippen LogP contribution in [0.15, 0.2) is 18.2 Å². The van der Waals surface area contributed by atoms with Crippen molar-refractivity contribution >= 4 is 29.7 Å². The average molecular weight is 307 g/mol. The predicted octanol–water partition coefficient (Wildman–Crippen LogP) is 3.10. The molecule has 0 aliphatic carbocycles. The molecule has 0 amide bonds. The Hall–Kier alpha value is -0.880. The highest BCUT2D eigenvalue weighted by Gasteiger charge is 2.27. The lowest BCUT2D eigenvalue weighted by molar-refractivity contribution is -0.385. The van der Waals surface area contributed by atoms with Crippen molar-refractivity contribution in [3.63, 3.8) is 0 Å².